The van der Waals surface area contributed by atoms with Crippen molar-refractivity contribution in [2.75, 3.05) is 6.61 Å². The van der Waals surface area contributed by atoms with Crippen LogP contribution in [-0.2, 0) is 4.84 Å². The quantitative estimate of drug-likeness (QED) is 0.569. The van der Waals surface area contributed by atoms with Crippen molar-refractivity contribution in [2.24, 2.45) is 17.0 Å². The molecule has 2 saturated carbocycles. The van der Waals surface area contributed by atoms with Crippen LogP contribution in [-0.4, -0.2) is 12.3 Å². The van der Waals surface area contributed by atoms with E-state index in [0.717, 1.165) is 31.3 Å². The van der Waals surface area contributed by atoms with Crippen molar-refractivity contribution in [1.82, 2.24) is 0 Å². The van der Waals surface area contributed by atoms with E-state index in [0.29, 0.717) is 0 Å². The SMILES string of the molecule is CC1CC(=NOCC2CC2)C1. The number of hydrogen-bond acceptors (Lipinski definition) is 2. The first-order valence-electron chi connectivity index (χ1n) is 4.52. The Hall–Kier alpha value is -0.530. The Kier molecular flexibility index (Phi) is 1.84. The Morgan fingerprint density at radius 3 is 2.73 bits per heavy atom. The molecule has 0 aromatic carbocycles. The molecule has 0 bridgehead atoms. The van der Waals surface area contributed by atoms with Crippen molar-refractivity contribution < 1.29 is 4.84 Å². The molecule has 0 aromatic heterocycles. The zero-order valence-corrected chi connectivity index (χ0v) is 7.05. The Morgan fingerprint density at radius 1 is 1.45 bits per heavy atom. The molecule has 0 aliphatic heterocycles. The molecule has 2 nitrogen and oxygen atoms in total. The van der Waals surface area contributed by atoms with Crippen LogP contribution in [0.1, 0.15) is 32.6 Å². The fourth-order valence-corrected chi connectivity index (χ4v) is 1.34. The van der Waals surface area contributed by atoms with E-state index in [2.05, 4.69) is 12.1 Å². The van der Waals surface area contributed by atoms with Crippen LogP contribution in [0.4, 0.5) is 0 Å². The lowest BCUT2D eigenvalue weighted by Crippen LogP contribution is -2.20. The molecule has 0 spiro atoms. The van der Waals surface area contributed by atoms with E-state index in [1.807, 2.05) is 0 Å². The van der Waals surface area contributed by atoms with Crippen LogP contribution in [0.2, 0.25) is 0 Å². The highest BCUT2D eigenvalue weighted by Gasteiger charge is 2.23. The van der Waals surface area contributed by atoms with E-state index in [1.54, 1.807) is 0 Å². The van der Waals surface area contributed by atoms with E-state index in [4.69, 9.17) is 4.84 Å². The standard InChI is InChI=1S/C9H15NO/c1-7-4-9(5-7)10-11-6-8-2-3-8/h7-8H,2-6H2,1H3. The van der Waals surface area contributed by atoms with Gasteiger partial charge < -0.3 is 4.84 Å². The van der Waals surface area contributed by atoms with Crippen molar-refractivity contribution in [1.29, 1.82) is 0 Å². The molecular weight excluding hydrogens is 138 g/mol. The second-order valence-electron chi connectivity index (χ2n) is 3.91. The van der Waals surface area contributed by atoms with E-state index in [9.17, 15) is 0 Å². The summed E-state index contributed by atoms with van der Waals surface area (Å²) >= 11 is 0. The lowest BCUT2D eigenvalue weighted by atomic mass is 9.85. The van der Waals surface area contributed by atoms with E-state index < -0.39 is 0 Å². The highest BCUT2D eigenvalue weighted by molar-refractivity contribution is 5.89. The van der Waals surface area contributed by atoms with Gasteiger partial charge in [0.25, 0.3) is 0 Å². The maximum absolute atomic E-state index is 5.20. The van der Waals surface area contributed by atoms with Gasteiger partial charge in [-0.2, -0.15) is 0 Å². The summed E-state index contributed by atoms with van der Waals surface area (Å²) in [6.07, 6.45) is 5.01. The minimum absolute atomic E-state index is 0.830. The van der Waals surface area contributed by atoms with Gasteiger partial charge in [-0.1, -0.05) is 12.1 Å². The lowest BCUT2D eigenvalue weighted by Gasteiger charge is -2.22. The summed E-state index contributed by atoms with van der Waals surface area (Å²) in [6.45, 7) is 3.11. The fraction of sp³-hybridized carbons (Fsp3) is 0.889. The van der Waals surface area contributed by atoms with E-state index in [-0.39, 0.29) is 0 Å². The molecule has 62 valence electrons. The summed E-state index contributed by atoms with van der Waals surface area (Å²) in [5.74, 6) is 1.68. The molecule has 0 saturated heterocycles. The molecule has 0 aromatic rings. The van der Waals surface area contributed by atoms with Crippen LogP contribution in [0.5, 0.6) is 0 Å². The first-order valence-corrected chi connectivity index (χ1v) is 4.52. The molecule has 2 rings (SSSR count). The largest absolute Gasteiger partial charge is 0.396 e. The third-order valence-electron chi connectivity index (χ3n) is 2.37. The third-order valence-corrected chi connectivity index (χ3v) is 2.37. The molecule has 0 atom stereocenters. The molecule has 2 fully saturated rings. The number of rotatable bonds is 3. The van der Waals surface area contributed by atoms with Gasteiger partial charge in [0.15, 0.2) is 0 Å². The predicted octanol–water partition coefficient (Wildman–Crippen LogP) is 2.20. The van der Waals surface area contributed by atoms with Gasteiger partial charge in [-0.15, -0.1) is 0 Å². The molecule has 0 unspecified atom stereocenters. The second-order valence-corrected chi connectivity index (χ2v) is 3.91. The lowest BCUT2D eigenvalue weighted by molar-refractivity contribution is 0.130. The van der Waals surface area contributed by atoms with Crippen LogP contribution in [0.15, 0.2) is 5.16 Å². The molecule has 2 aliphatic rings. The molecule has 0 amide bonds. The van der Waals surface area contributed by atoms with Gasteiger partial charge in [-0.25, -0.2) is 0 Å². The minimum atomic E-state index is 0.830. The Morgan fingerprint density at radius 2 is 2.18 bits per heavy atom. The topological polar surface area (TPSA) is 21.6 Å². The summed E-state index contributed by atoms with van der Waals surface area (Å²) in [5, 5.41) is 4.08. The second kappa shape index (κ2) is 2.84. The van der Waals surface area contributed by atoms with Gasteiger partial charge in [0.1, 0.15) is 6.61 Å². The van der Waals surface area contributed by atoms with Crippen LogP contribution < -0.4 is 0 Å². The van der Waals surface area contributed by atoms with Gasteiger partial charge in [-0.3, -0.25) is 0 Å². The van der Waals surface area contributed by atoms with Crippen LogP contribution in [0.25, 0.3) is 0 Å². The summed E-state index contributed by atoms with van der Waals surface area (Å²) < 4.78 is 0. The number of nitrogens with zero attached hydrogens (tertiary/aromatic N) is 1. The normalized spacial score (nSPS) is 29.5. The molecule has 2 heteroatoms. The monoisotopic (exact) mass is 153 g/mol. The fourth-order valence-electron chi connectivity index (χ4n) is 1.34. The highest BCUT2D eigenvalue weighted by Crippen LogP contribution is 2.29. The van der Waals surface area contributed by atoms with Gasteiger partial charge in [0.05, 0.1) is 5.71 Å². The third kappa shape index (κ3) is 1.95. The average molecular weight is 153 g/mol. The minimum Gasteiger partial charge on any atom is -0.396 e. The van der Waals surface area contributed by atoms with Gasteiger partial charge in [0.2, 0.25) is 0 Å². The average Bonchev–Trinajstić information content (AvgIpc) is 2.67. The summed E-state index contributed by atoms with van der Waals surface area (Å²) in [6, 6.07) is 0. The number of oxime groups is 1. The maximum atomic E-state index is 5.20. The Balaban J connectivity index is 1.60. The summed E-state index contributed by atoms with van der Waals surface area (Å²) in [4.78, 5) is 5.20. The van der Waals surface area contributed by atoms with E-state index in [1.165, 1.54) is 18.6 Å². The zero-order chi connectivity index (χ0) is 7.68. The van der Waals surface area contributed by atoms with Gasteiger partial charge >= 0.3 is 0 Å². The highest BCUT2D eigenvalue weighted by atomic mass is 16.6. The summed E-state index contributed by atoms with van der Waals surface area (Å²) in [7, 11) is 0. The smallest absolute Gasteiger partial charge is 0.120 e. The van der Waals surface area contributed by atoms with Crippen molar-refractivity contribution in [3.63, 3.8) is 0 Å². The van der Waals surface area contributed by atoms with Crippen molar-refractivity contribution in [3.8, 4) is 0 Å². The molecular formula is C9H15NO. The Labute approximate surface area is 67.6 Å². The maximum Gasteiger partial charge on any atom is 0.120 e. The van der Waals surface area contributed by atoms with Crippen LogP contribution >= 0.6 is 0 Å². The van der Waals surface area contributed by atoms with Crippen molar-refractivity contribution in [3.05, 3.63) is 0 Å². The first kappa shape index (κ1) is 7.14. The summed E-state index contributed by atoms with van der Waals surface area (Å²) in [5.41, 5.74) is 1.26. The molecule has 0 heterocycles. The Bertz CT molecular complexity index is 164. The van der Waals surface area contributed by atoms with E-state index >= 15 is 0 Å². The number of hydrogen-bond donors (Lipinski definition) is 0. The predicted molar refractivity (Wildman–Crippen MR) is 44.5 cm³/mol. The van der Waals surface area contributed by atoms with Crippen molar-refractivity contribution in [2.45, 2.75) is 32.6 Å². The van der Waals surface area contributed by atoms with Crippen molar-refractivity contribution >= 4 is 5.71 Å². The van der Waals surface area contributed by atoms with Gasteiger partial charge in [-0.05, 0) is 37.5 Å². The molecule has 2 aliphatic carbocycles. The molecule has 11 heavy (non-hydrogen) atoms. The first-order chi connectivity index (χ1) is 5.34. The van der Waals surface area contributed by atoms with Gasteiger partial charge in [0, 0.05) is 0 Å². The zero-order valence-electron chi connectivity index (χ0n) is 7.05. The van der Waals surface area contributed by atoms with Crippen LogP contribution in [0.3, 0.4) is 0 Å². The molecule has 0 radical (unpaired) electrons. The molecule has 0 N–H and O–H groups in total. The van der Waals surface area contributed by atoms with Crippen LogP contribution in [0, 0.1) is 11.8 Å².